The highest BCUT2D eigenvalue weighted by atomic mass is 35.5. The third-order valence-corrected chi connectivity index (χ3v) is 4.76. The number of methoxy groups -OCH3 is 2. The van der Waals surface area contributed by atoms with Gasteiger partial charge in [0.05, 0.1) is 19.9 Å². The Balaban J connectivity index is 1.61. The number of nitrogens with one attached hydrogen (secondary N) is 1. The van der Waals surface area contributed by atoms with E-state index < -0.39 is 0 Å². The molecule has 0 amide bonds. The van der Waals surface area contributed by atoms with Gasteiger partial charge in [0, 0.05) is 16.1 Å². The lowest BCUT2D eigenvalue weighted by molar-refractivity contribution is 0.355. The molecule has 0 aliphatic carbocycles. The number of hydrogen-bond acceptors (Lipinski definition) is 7. The van der Waals surface area contributed by atoms with Gasteiger partial charge >= 0.3 is 0 Å². The molecule has 0 saturated heterocycles. The van der Waals surface area contributed by atoms with E-state index in [2.05, 4.69) is 25.8 Å². The molecule has 2 aromatic heterocycles. The molecule has 0 aliphatic heterocycles. The molecule has 4 rings (SSSR count). The Kier molecular flexibility index (Phi) is 5.49. The minimum Gasteiger partial charge on any atom is -0.493 e. The van der Waals surface area contributed by atoms with Gasteiger partial charge in [-0.3, -0.25) is 5.43 Å². The van der Waals surface area contributed by atoms with E-state index in [0.29, 0.717) is 33.8 Å². The van der Waals surface area contributed by atoms with Crippen molar-refractivity contribution in [2.24, 2.45) is 5.10 Å². The summed E-state index contributed by atoms with van der Waals surface area (Å²) in [5.41, 5.74) is 6.14. The molecule has 0 fully saturated rings. The molecule has 0 unspecified atom stereocenters. The van der Waals surface area contributed by atoms with Crippen LogP contribution in [-0.2, 0) is 0 Å². The molecular formula is C21H19ClN6O2. The van der Waals surface area contributed by atoms with Gasteiger partial charge in [-0.1, -0.05) is 11.6 Å². The van der Waals surface area contributed by atoms with Crippen LogP contribution in [0, 0.1) is 0 Å². The number of fused-ring (bicyclic) bond motifs is 1. The fraction of sp³-hybridized carbons (Fsp3) is 0.143. The Labute approximate surface area is 178 Å². The Morgan fingerprint density at radius 3 is 2.47 bits per heavy atom. The molecule has 0 aliphatic rings. The highest BCUT2D eigenvalue weighted by Crippen LogP contribution is 2.28. The number of halogens is 1. The summed E-state index contributed by atoms with van der Waals surface area (Å²) in [7, 11) is 3.20. The van der Waals surface area contributed by atoms with Gasteiger partial charge in [0.15, 0.2) is 28.8 Å². The second-order valence-electron chi connectivity index (χ2n) is 6.40. The van der Waals surface area contributed by atoms with Crippen LogP contribution in [0.5, 0.6) is 11.5 Å². The zero-order valence-electron chi connectivity index (χ0n) is 16.6. The van der Waals surface area contributed by atoms with Crippen LogP contribution in [0.25, 0.3) is 17.0 Å². The molecule has 0 atom stereocenters. The SMILES string of the molecule is COc1ccc(C(C)=NNc2ccc3nnc(-c4ccc(Cl)cc4)n3n2)cc1OC. The number of nitrogens with zero attached hydrogens (tertiary/aromatic N) is 5. The fourth-order valence-electron chi connectivity index (χ4n) is 2.89. The van der Waals surface area contributed by atoms with Gasteiger partial charge in [0.2, 0.25) is 0 Å². The summed E-state index contributed by atoms with van der Waals surface area (Å²) in [6, 6.07) is 16.6. The highest BCUT2D eigenvalue weighted by molar-refractivity contribution is 6.30. The maximum absolute atomic E-state index is 5.98. The topological polar surface area (TPSA) is 85.9 Å². The van der Waals surface area contributed by atoms with Crippen molar-refractivity contribution in [3.8, 4) is 22.9 Å². The van der Waals surface area contributed by atoms with Gasteiger partial charge in [-0.25, -0.2) is 0 Å². The van der Waals surface area contributed by atoms with E-state index in [-0.39, 0.29) is 0 Å². The zero-order chi connectivity index (χ0) is 21.1. The van der Waals surface area contributed by atoms with Crippen LogP contribution >= 0.6 is 11.6 Å². The predicted molar refractivity (Wildman–Crippen MR) is 117 cm³/mol. The van der Waals surface area contributed by atoms with Crippen LogP contribution in [0.2, 0.25) is 5.02 Å². The molecule has 0 radical (unpaired) electrons. The summed E-state index contributed by atoms with van der Waals surface area (Å²) >= 11 is 5.98. The van der Waals surface area contributed by atoms with Crippen molar-refractivity contribution in [3.63, 3.8) is 0 Å². The molecular weight excluding hydrogens is 404 g/mol. The summed E-state index contributed by atoms with van der Waals surface area (Å²) < 4.78 is 12.3. The van der Waals surface area contributed by atoms with Crippen LogP contribution in [0.4, 0.5) is 5.82 Å². The van der Waals surface area contributed by atoms with Crippen LogP contribution in [-0.4, -0.2) is 39.7 Å². The number of aromatic nitrogens is 4. The number of anilines is 1. The lowest BCUT2D eigenvalue weighted by Gasteiger charge is -2.09. The van der Waals surface area contributed by atoms with E-state index in [1.807, 2.05) is 43.3 Å². The fourth-order valence-corrected chi connectivity index (χ4v) is 3.02. The number of hydrogen-bond donors (Lipinski definition) is 1. The monoisotopic (exact) mass is 422 g/mol. The molecule has 4 aromatic rings. The summed E-state index contributed by atoms with van der Waals surface area (Å²) in [4.78, 5) is 0. The van der Waals surface area contributed by atoms with Crippen molar-refractivity contribution >= 4 is 28.8 Å². The molecule has 30 heavy (non-hydrogen) atoms. The predicted octanol–water partition coefficient (Wildman–Crippen LogP) is 4.30. The van der Waals surface area contributed by atoms with Crippen molar-refractivity contribution in [1.29, 1.82) is 0 Å². The molecule has 0 bridgehead atoms. The lowest BCUT2D eigenvalue weighted by atomic mass is 10.1. The molecule has 2 heterocycles. The van der Waals surface area contributed by atoms with Crippen LogP contribution < -0.4 is 14.9 Å². The summed E-state index contributed by atoms with van der Waals surface area (Å²) in [5.74, 6) is 2.47. The van der Waals surface area contributed by atoms with E-state index in [1.54, 1.807) is 36.9 Å². The van der Waals surface area contributed by atoms with E-state index in [0.717, 1.165) is 16.8 Å². The summed E-state index contributed by atoms with van der Waals surface area (Å²) in [6.07, 6.45) is 0. The van der Waals surface area contributed by atoms with Crippen molar-refractivity contribution < 1.29 is 9.47 Å². The zero-order valence-corrected chi connectivity index (χ0v) is 17.4. The van der Waals surface area contributed by atoms with Gasteiger partial charge in [0.25, 0.3) is 0 Å². The van der Waals surface area contributed by atoms with E-state index in [9.17, 15) is 0 Å². The van der Waals surface area contributed by atoms with E-state index in [4.69, 9.17) is 21.1 Å². The lowest BCUT2D eigenvalue weighted by Crippen LogP contribution is -2.04. The molecule has 8 nitrogen and oxygen atoms in total. The first-order valence-corrected chi connectivity index (χ1v) is 9.48. The standard InChI is InChI=1S/C21H19ClN6O2/c1-13(15-6-9-17(29-2)18(12-15)30-3)23-24-19-10-11-20-25-26-21(28(20)27-19)14-4-7-16(22)8-5-14/h4-12H,1-3H3,(H,24,27). The molecule has 1 N–H and O–H groups in total. The molecule has 152 valence electrons. The van der Waals surface area contributed by atoms with E-state index >= 15 is 0 Å². The quantitative estimate of drug-likeness (QED) is 0.368. The van der Waals surface area contributed by atoms with Crippen LogP contribution in [0.15, 0.2) is 59.7 Å². The van der Waals surface area contributed by atoms with Crippen LogP contribution in [0.3, 0.4) is 0 Å². The molecule has 2 aromatic carbocycles. The van der Waals surface area contributed by atoms with Gasteiger partial charge in [-0.05, 0) is 61.5 Å². The number of hydrazone groups is 1. The average Bonchev–Trinajstić information content (AvgIpc) is 3.20. The Morgan fingerprint density at radius 2 is 1.73 bits per heavy atom. The molecule has 9 heteroatoms. The van der Waals surface area contributed by atoms with Gasteiger partial charge in [-0.15, -0.1) is 15.3 Å². The first-order valence-electron chi connectivity index (χ1n) is 9.10. The van der Waals surface area contributed by atoms with Gasteiger partial charge in [0.1, 0.15) is 0 Å². The maximum atomic E-state index is 5.98. The first-order chi connectivity index (χ1) is 14.6. The summed E-state index contributed by atoms with van der Waals surface area (Å²) in [6.45, 7) is 1.89. The third kappa shape index (κ3) is 3.90. The minimum atomic E-state index is 0.553. The number of ether oxygens (including phenoxy) is 2. The first kappa shape index (κ1) is 19.7. The highest BCUT2D eigenvalue weighted by Gasteiger charge is 2.10. The maximum Gasteiger partial charge on any atom is 0.185 e. The molecule has 0 spiro atoms. The van der Waals surface area contributed by atoms with Gasteiger partial charge < -0.3 is 9.47 Å². The number of benzene rings is 2. The Hall–Kier alpha value is -3.65. The average molecular weight is 423 g/mol. The normalized spacial score (nSPS) is 11.5. The second kappa shape index (κ2) is 8.38. The Morgan fingerprint density at radius 1 is 0.967 bits per heavy atom. The minimum absolute atomic E-state index is 0.553. The smallest absolute Gasteiger partial charge is 0.185 e. The van der Waals surface area contributed by atoms with E-state index in [1.165, 1.54) is 0 Å². The summed E-state index contributed by atoms with van der Waals surface area (Å²) in [5, 5.41) is 18.0. The van der Waals surface area contributed by atoms with Crippen molar-refractivity contribution in [2.45, 2.75) is 6.92 Å². The number of rotatable bonds is 6. The Bertz CT molecular complexity index is 1220. The largest absolute Gasteiger partial charge is 0.493 e. The second-order valence-corrected chi connectivity index (χ2v) is 6.83. The molecule has 0 saturated carbocycles. The van der Waals surface area contributed by atoms with Gasteiger partial charge in [-0.2, -0.15) is 9.62 Å². The van der Waals surface area contributed by atoms with Crippen molar-refractivity contribution in [1.82, 2.24) is 19.8 Å². The third-order valence-electron chi connectivity index (χ3n) is 4.50. The van der Waals surface area contributed by atoms with Crippen molar-refractivity contribution in [2.75, 3.05) is 19.6 Å². The van der Waals surface area contributed by atoms with Crippen LogP contribution in [0.1, 0.15) is 12.5 Å². The van der Waals surface area contributed by atoms with Crippen molar-refractivity contribution in [3.05, 3.63) is 65.2 Å².